The van der Waals surface area contributed by atoms with Gasteiger partial charge in [-0.2, -0.15) is 11.8 Å². The highest BCUT2D eigenvalue weighted by Crippen LogP contribution is 2.20. The fourth-order valence-corrected chi connectivity index (χ4v) is 2.16. The Morgan fingerprint density at radius 1 is 1.36 bits per heavy atom. The van der Waals surface area contributed by atoms with Gasteiger partial charge in [0.2, 0.25) is 0 Å². The van der Waals surface area contributed by atoms with Crippen molar-refractivity contribution in [1.29, 1.82) is 0 Å². The van der Waals surface area contributed by atoms with Crippen LogP contribution in [0.5, 0.6) is 0 Å². The molecule has 0 aliphatic carbocycles. The summed E-state index contributed by atoms with van der Waals surface area (Å²) in [6.45, 7) is 6.41. The van der Waals surface area contributed by atoms with E-state index in [4.69, 9.17) is 5.73 Å². The predicted octanol–water partition coefficient (Wildman–Crippen LogP) is 3.06. The van der Waals surface area contributed by atoms with Gasteiger partial charge in [-0.05, 0) is 30.7 Å². The van der Waals surface area contributed by atoms with Crippen LogP contribution < -0.4 is 5.73 Å². The highest BCUT2D eigenvalue weighted by molar-refractivity contribution is 7.99. The molecule has 0 aliphatic rings. The molecule has 0 radical (unpaired) electrons. The molecule has 0 amide bonds. The normalized spacial score (nSPS) is 12.9. The summed E-state index contributed by atoms with van der Waals surface area (Å²) in [6.07, 6.45) is 0. The number of hydrogen-bond donors (Lipinski definition) is 1. The van der Waals surface area contributed by atoms with Crippen LogP contribution in [0, 0.1) is 13.8 Å². The van der Waals surface area contributed by atoms with E-state index >= 15 is 0 Å². The van der Waals surface area contributed by atoms with E-state index in [0.717, 1.165) is 11.5 Å². The van der Waals surface area contributed by atoms with Gasteiger partial charge in [0.25, 0.3) is 0 Å². The molecular weight excluding hydrogens is 190 g/mol. The lowest BCUT2D eigenvalue weighted by Crippen LogP contribution is -2.14. The molecule has 0 saturated carbocycles. The van der Waals surface area contributed by atoms with E-state index < -0.39 is 0 Å². The van der Waals surface area contributed by atoms with Gasteiger partial charge in [0.15, 0.2) is 0 Å². The van der Waals surface area contributed by atoms with Crippen LogP contribution in [-0.4, -0.2) is 11.5 Å². The molecule has 0 aliphatic heterocycles. The maximum Gasteiger partial charge on any atom is 0.0389 e. The summed E-state index contributed by atoms with van der Waals surface area (Å²) in [7, 11) is 0. The van der Waals surface area contributed by atoms with Gasteiger partial charge in [-0.3, -0.25) is 0 Å². The maximum absolute atomic E-state index is 6.13. The second kappa shape index (κ2) is 5.42. The van der Waals surface area contributed by atoms with Gasteiger partial charge in [0, 0.05) is 11.8 Å². The third-order valence-electron chi connectivity index (χ3n) is 2.34. The number of hydrogen-bond acceptors (Lipinski definition) is 2. The van der Waals surface area contributed by atoms with E-state index in [2.05, 4.69) is 39.0 Å². The van der Waals surface area contributed by atoms with Gasteiger partial charge in [-0.25, -0.2) is 0 Å². The minimum absolute atomic E-state index is 0.180. The molecule has 1 aromatic rings. The van der Waals surface area contributed by atoms with Gasteiger partial charge >= 0.3 is 0 Å². The largest absolute Gasteiger partial charge is 0.323 e. The lowest BCUT2D eigenvalue weighted by atomic mass is 10.0. The summed E-state index contributed by atoms with van der Waals surface area (Å²) in [6, 6.07) is 6.68. The minimum atomic E-state index is 0.180. The van der Waals surface area contributed by atoms with Crippen LogP contribution >= 0.6 is 11.8 Å². The van der Waals surface area contributed by atoms with E-state index in [-0.39, 0.29) is 6.04 Å². The molecule has 1 unspecified atom stereocenters. The Labute approximate surface area is 91.1 Å². The van der Waals surface area contributed by atoms with Crippen LogP contribution in [-0.2, 0) is 0 Å². The van der Waals surface area contributed by atoms with E-state index in [1.807, 2.05) is 11.8 Å². The molecule has 0 bridgehead atoms. The monoisotopic (exact) mass is 209 g/mol. The van der Waals surface area contributed by atoms with Crippen molar-refractivity contribution in [2.45, 2.75) is 26.8 Å². The SMILES string of the molecule is CCSCC(N)c1cc(C)ccc1C. The third-order valence-corrected chi connectivity index (χ3v) is 3.34. The molecule has 1 rings (SSSR count). The fourth-order valence-electron chi connectivity index (χ4n) is 1.49. The van der Waals surface area contributed by atoms with Crippen molar-refractivity contribution >= 4 is 11.8 Å². The van der Waals surface area contributed by atoms with Crippen molar-refractivity contribution in [3.05, 3.63) is 34.9 Å². The van der Waals surface area contributed by atoms with Crippen LogP contribution in [0.3, 0.4) is 0 Å². The molecule has 0 fully saturated rings. The van der Waals surface area contributed by atoms with Crippen molar-refractivity contribution in [3.63, 3.8) is 0 Å². The first kappa shape index (κ1) is 11.6. The number of benzene rings is 1. The predicted molar refractivity (Wildman–Crippen MR) is 65.8 cm³/mol. The van der Waals surface area contributed by atoms with Crippen LogP contribution in [0.25, 0.3) is 0 Å². The first-order valence-electron chi connectivity index (χ1n) is 5.05. The van der Waals surface area contributed by atoms with E-state index in [1.54, 1.807) is 0 Å². The molecule has 78 valence electrons. The van der Waals surface area contributed by atoms with Gasteiger partial charge in [-0.1, -0.05) is 30.7 Å². The molecule has 0 spiro atoms. The van der Waals surface area contributed by atoms with Gasteiger partial charge < -0.3 is 5.73 Å². The molecular formula is C12H19NS. The second-order valence-corrected chi connectivity index (χ2v) is 4.94. The summed E-state index contributed by atoms with van der Waals surface area (Å²) in [4.78, 5) is 0. The number of thioether (sulfide) groups is 1. The Morgan fingerprint density at radius 2 is 2.07 bits per heavy atom. The average molecular weight is 209 g/mol. The van der Waals surface area contributed by atoms with Crippen molar-refractivity contribution in [3.8, 4) is 0 Å². The van der Waals surface area contributed by atoms with E-state index in [0.29, 0.717) is 0 Å². The van der Waals surface area contributed by atoms with E-state index in [9.17, 15) is 0 Å². The molecule has 0 aromatic heterocycles. The van der Waals surface area contributed by atoms with Crippen molar-refractivity contribution < 1.29 is 0 Å². The highest BCUT2D eigenvalue weighted by atomic mass is 32.2. The van der Waals surface area contributed by atoms with Crippen LogP contribution in [0.15, 0.2) is 18.2 Å². The molecule has 0 saturated heterocycles. The number of nitrogens with two attached hydrogens (primary N) is 1. The summed E-state index contributed by atoms with van der Waals surface area (Å²) in [5, 5.41) is 0. The fraction of sp³-hybridized carbons (Fsp3) is 0.500. The second-order valence-electron chi connectivity index (χ2n) is 3.63. The average Bonchev–Trinajstić information content (AvgIpc) is 2.18. The molecule has 1 aromatic carbocycles. The molecule has 2 N–H and O–H groups in total. The van der Waals surface area contributed by atoms with Crippen LogP contribution in [0.2, 0.25) is 0 Å². The van der Waals surface area contributed by atoms with E-state index in [1.165, 1.54) is 16.7 Å². The zero-order valence-electron chi connectivity index (χ0n) is 9.21. The summed E-state index contributed by atoms with van der Waals surface area (Å²) in [5.74, 6) is 2.15. The Kier molecular flexibility index (Phi) is 4.49. The first-order valence-corrected chi connectivity index (χ1v) is 6.21. The maximum atomic E-state index is 6.13. The minimum Gasteiger partial charge on any atom is -0.323 e. The van der Waals surface area contributed by atoms with Crippen molar-refractivity contribution in [1.82, 2.24) is 0 Å². The van der Waals surface area contributed by atoms with Crippen molar-refractivity contribution in [2.75, 3.05) is 11.5 Å². The zero-order valence-corrected chi connectivity index (χ0v) is 10.0. The Morgan fingerprint density at radius 3 is 2.71 bits per heavy atom. The quantitative estimate of drug-likeness (QED) is 0.825. The lowest BCUT2D eigenvalue weighted by Gasteiger charge is -2.14. The smallest absolute Gasteiger partial charge is 0.0389 e. The number of rotatable bonds is 4. The topological polar surface area (TPSA) is 26.0 Å². The van der Waals surface area contributed by atoms with Crippen LogP contribution in [0.4, 0.5) is 0 Å². The van der Waals surface area contributed by atoms with Crippen LogP contribution in [0.1, 0.15) is 29.7 Å². The Balaban J connectivity index is 2.77. The zero-order chi connectivity index (χ0) is 10.6. The summed E-state index contributed by atoms with van der Waals surface area (Å²) >= 11 is 1.90. The van der Waals surface area contributed by atoms with Gasteiger partial charge in [0.1, 0.15) is 0 Å². The Bertz CT molecular complexity index is 296. The summed E-state index contributed by atoms with van der Waals surface area (Å²) < 4.78 is 0. The molecule has 0 heterocycles. The molecule has 1 atom stereocenters. The molecule has 1 nitrogen and oxygen atoms in total. The lowest BCUT2D eigenvalue weighted by molar-refractivity contribution is 0.821. The third kappa shape index (κ3) is 3.03. The Hall–Kier alpha value is -0.470. The highest BCUT2D eigenvalue weighted by Gasteiger charge is 2.08. The van der Waals surface area contributed by atoms with Gasteiger partial charge in [0.05, 0.1) is 0 Å². The van der Waals surface area contributed by atoms with Gasteiger partial charge in [-0.15, -0.1) is 0 Å². The molecule has 2 heteroatoms. The number of aryl methyl sites for hydroxylation is 2. The standard InChI is InChI=1S/C12H19NS/c1-4-14-8-12(13)11-7-9(2)5-6-10(11)3/h5-7,12H,4,8,13H2,1-3H3. The summed E-state index contributed by atoms with van der Waals surface area (Å²) in [5.41, 5.74) is 10.0. The first-order chi connectivity index (χ1) is 6.65. The van der Waals surface area contributed by atoms with Crippen molar-refractivity contribution in [2.24, 2.45) is 5.73 Å². The molecule has 14 heavy (non-hydrogen) atoms.